The van der Waals surface area contributed by atoms with Gasteiger partial charge >= 0.3 is 5.97 Å². The number of hydrogen-bond acceptors (Lipinski definition) is 7. The highest BCUT2D eigenvalue weighted by Crippen LogP contribution is 2.29. The summed E-state index contributed by atoms with van der Waals surface area (Å²) in [5, 5.41) is 0. The van der Waals surface area contributed by atoms with E-state index in [-0.39, 0.29) is 0 Å². The zero-order valence-corrected chi connectivity index (χ0v) is 22.6. The molecule has 0 saturated carbocycles. The first-order valence-electron chi connectivity index (χ1n) is 13.9. The van der Waals surface area contributed by atoms with E-state index < -0.39 is 36.5 Å². The van der Waals surface area contributed by atoms with Crippen molar-refractivity contribution in [2.24, 2.45) is 0 Å². The molecule has 0 bridgehead atoms. The molecule has 0 aliphatic carbocycles. The summed E-state index contributed by atoms with van der Waals surface area (Å²) in [6.07, 6.45) is 6.96. The Hall–Kier alpha value is -0.730. The smallest absolute Gasteiger partial charge is 0.338 e. The predicted octanol–water partition coefficient (Wildman–Crippen LogP) is 5.47. The lowest BCUT2D eigenvalue weighted by Gasteiger charge is -2.43. The SMILES string of the molecule is CCCCOC[C@@H](OCCCC)C1OC(=O)C(OCCCC)[C@@H](OCCCC)[C@@H]1OCCCC. The van der Waals surface area contributed by atoms with Gasteiger partial charge in [-0.15, -0.1) is 0 Å². The maximum absolute atomic E-state index is 13.1. The van der Waals surface area contributed by atoms with Crippen LogP contribution in [0.4, 0.5) is 0 Å². The molecular weight excluding hydrogens is 436 g/mol. The zero-order valence-electron chi connectivity index (χ0n) is 22.6. The predicted molar refractivity (Wildman–Crippen MR) is 134 cm³/mol. The van der Waals surface area contributed by atoms with E-state index in [0.29, 0.717) is 39.6 Å². The highest BCUT2D eigenvalue weighted by Gasteiger charge is 2.51. The second-order valence-electron chi connectivity index (χ2n) is 9.12. The van der Waals surface area contributed by atoms with Gasteiger partial charge < -0.3 is 28.4 Å². The Bertz CT molecular complexity index is 488. The molecule has 1 aliphatic rings. The molecule has 7 nitrogen and oxygen atoms in total. The van der Waals surface area contributed by atoms with Crippen LogP contribution in [-0.2, 0) is 33.2 Å². The number of carbonyl (C=O) groups excluding carboxylic acids is 1. The number of rotatable bonds is 22. The minimum atomic E-state index is -0.788. The molecule has 1 saturated heterocycles. The van der Waals surface area contributed by atoms with Crippen LogP contribution in [0.25, 0.3) is 0 Å². The Morgan fingerprint density at radius 2 is 1.18 bits per heavy atom. The normalized spacial score (nSPS) is 23.7. The molecule has 1 rings (SSSR count). The van der Waals surface area contributed by atoms with Gasteiger partial charge in [-0.05, 0) is 32.1 Å². The van der Waals surface area contributed by atoms with E-state index in [4.69, 9.17) is 28.4 Å². The summed E-state index contributed by atoms with van der Waals surface area (Å²) in [6, 6.07) is 0. The average Bonchev–Trinajstić information content (AvgIpc) is 2.83. The van der Waals surface area contributed by atoms with E-state index in [1.54, 1.807) is 0 Å². The van der Waals surface area contributed by atoms with Gasteiger partial charge in [-0.25, -0.2) is 4.79 Å². The average molecular weight is 489 g/mol. The van der Waals surface area contributed by atoms with Crippen molar-refractivity contribution < 1.29 is 33.2 Å². The van der Waals surface area contributed by atoms with Crippen molar-refractivity contribution in [2.75, 3.05) is 39.6 Å². The van der Waals surface area contributed by atoms with Crippen LogP contribution in [0.2, 0.25) is 0 Å². The molecule has 1 fully saturated rings. The van der Waals surface area contributed by atoms with Crippen LogP contribution in [0, 0.1) is 0 Å². The Kier molecular flexibility index (Phi) is 18.8. The van der Waals surface area contributed by atoms with Gasteiger partial charge in [0, 0.05) is 33.0 Å². The zero-order chi connectivity index (χ0) is 25.0. The van der Waals surface area contributed by atoms with Crippen molar-refractivity contribution in [3.05, 3.63) is 0 Å². The summed E-state index contributed by atoms with van der Waals surface area (Å²) < 4.78 is 36.8. The van der Waals surface area contributed by atoms with Crippen LogP contribution in [0.3, 0.4) is 0 Å². The fourth-order valence-corrected chi connectivity index (χ4v) is 3.73. The highest BCUT2D eigenvalue weighted by atomic mass is 16.6. The molecule has 34 heavy (non-hydrogen) atoms. The number of esters is 1. The highest BCUT2D eigenvalue weighted by molar-refractivity contribution is 5.77. The van der Waals surface area contributed by atoms with E-state index >= 15 is 0 Å². The maximum Gasteiger partial charge on any atom is 0.338 e. The third-order valence-corrected chi connectivity index (χ3v) is 5.96. The van der Waals surface area contributed by atoms with Gasteiger partial charge in [-0.1, -0.05) is 66.7 Å². The van der Waals surface area contributed by atoms with Crippen LogP contribution in [0.5, 0.6) is 0 Å². The molecular formula is C27H52O7. The summed E-state index contributed by atoms with van der Waals surface area (Å²) in [4.78, 5) is 13.1. The summed E-state index contributed by atoms with van der Waals surface area (Å²) >= 11 is 0. The van der Waals surface area contributed by atoms with Crippen molar-refractivity contribution in [3.63, 3.8) is 0 Å². The summed E-state index contributed by atoms with van der Waals surface area (Å²) in [5.41, 5.74) is 0. The quantitative estimate of drug-likeness (QED) is 0.148. The Morgan fingerprint density at radius 1 is 0.676 bits per heavy atom. The number of hydrogen-bond donors (Lipinski definition) is 0. The van der Waals surface area contributed by atoms with Crippen LogP contribution in [0.1, 0.15) is 98.8 Å². The van der Waals surface area contributed by atoms with Gasteiger partial charge in [0.1, 0.15) is 18.3 Å². The van der Waals surface area contributed by atoms with E-state index in [1.165, 1.54) is 0 Å². The minimum absolute atomic E-state index is 0.359. The van der Waals surface area contributed by atoms with E-state index in [9.17, 15) is 4.79 Å². The molecule has 0 aromatic heterocycles. The minimum Gasteiger partial charge on any atom is -0.455 e. The second kappa shape index (κ2) is 20.5. The molecule has 5 atom stereocenters. The van der Waals surface area contributed by atoms with Gasteiger partial charge in [-0.2, -0.15) is 0 Å². The van der Waals surface area contributed by atoms with Gasteiger partial charge in [0.15, 0.2) is 12.2 Å². The molecule has 0 N–H and O–H groups in total. The van der Waals surface area contributed by atoms with E-state index in [2.05, 4.69) is 34.6 Å². The van der Waals surface area contributed by atoms with Crippen molar-refractivity contribution in [1.82, 2.24) is 0 Å². The number of unbranched alkanes of at least 4 members (excludes halogenated alkanes) is 5. The third-order valence-electron chi connectivity index (χ3n) is 5.96. The fourth-order valence-electron chi connectivity index (χ4n) is 3.73. The monoisotopic (exact) mass is 488 g/mol. The van der Waals surface area contributed by atoms with Gasteiger partial charge in [0.25, 0.3) is 0 Å². The van der Waals surface area contributed by atoms with Crippen molar-refractivity contribution >= 4 is 5.97 Å². The number of carbonyl (C=O) groups is 1. The van der Waals surface area contributed by atoms with Gasteiger partial charge in [-0.3, -0.25) is 0 Å². The van der Waals surface area contributed by atoms with Gasteiger partial charge in [0.05, 0.1) is 6.61 Å². The molecule has 0 amide bonds. The molecule has 0 aromatic rings. The lowest BCUT2D eigenvalue weighted by Crippen LogP contribution is -2.62. The molecule has 0 spiro atoms. The summed E-state index contributed by atoms with van der Waals surface area (Å²) in [6.45, 7) is 13.8. The molecule has 202 valence electrons. The van der Waals surface area contributed by atoms with Crippen molar-refractivity contribution in [1.29, 1.82) is 0 Å². The molecule has 1 heterocycles. The third kappa shape index (κ3) is 11.8. The lowest BCUT2D eigenvalue weighted by atomic mass is 9.95. The van der Waals surface area contributed by atoms with Crippen molar-refractivity contribution in [2.45, 2.75) is 129 Å². The molecule has 2 unspecified atom stereocenters. The van der Waals surface area contributed by atoms with Crippen LogP contribution < -0.4 is 0 Å². The number of cyclic esters (lactones) is 1. The lowest BCUT2D eigenvalue weighted by molar-refractivity contribution is -0.246. The van der Waals surface area contributed by atoms with Gasteiger partial charge in [0.2, 0.25) is 0 Å². The van der Waals surface area contributed by atoms with Crippen LogP contribution >= 0.6 is 0 Å². The summed E-state index contributed by atoms with van der Waals surface area (Å²) in [5.74, 6) is -0.393. The first kappa shape index (κ1) is 31.3. The Labute approximate surface area is 208 Å². The summed E-state index contributed by atoms with van der Waals surface area (Å²) in [7, 11) is 0. The van der Waals surface area contributed by atoms with Crippen LogP contribution in [-0.4, -0.2) is 76.1 Å². The standard InChI is InChI=1S/C27H52O7/c1-6-11-16-29-21-22(30-17-12-7-2)23-24(31-18-13-8-3)25(32-19-14-9-4)26(27(28)34-23)33-20-15-10-5/h22-26H,6-21H2,1-5H3/t22-,23?,24-,25+,26?/m1/s1. The Balaban J connectivity index is 3.12. The molecule has 1 aliphatic heterocycles. The molecule has 0 aromatic carbocycles. The topological polar surface area (TPSA) is 72.5 Å². The molecule has 0 radical (unpaired) electrons. The van der Waals surface area contributed by atoms with E-state index in [0.717, 1.165) is 64.2 Å². The fraction of sp³-hybridized carbons (Fsp3) is 0.963. The number of ether oxygens (including phenoxy) is 6. The van der Waals surface area contributed by atoms with Crippen LogP contribution in [0.15, 0.2) is 0 Å². The van der Waals surface area contributed by atoms with E-state index in [1.807, 2.05) is 0 Å². The largest absolute Gasteiger partial charge is 0.455 e. The second-order valence-corrected chi connectivity index (χ2v) is 9.12. The Morgan fingerprint density at radius 3 is 1.76 bits per heavy atom. The first-order valence-corrected chi connectivity index (χ1v) is 13.9. The first-order chi connectivity index (χ1) is 16.6. The van der Waals surface area contributed by atoms with Crippen molar-refractivity contribution in [3.8, 4) is 0 Å². The maximum atomic E-state index is 13.1. The molecule has 7 heteroatoms.